The minimum Gasteiger partial charge on any atom is -0.508 e. The van der Waals surface area contributed by atoms with Crippen molar-refractivity contribution in [1.82, 2.24) is 4.57 Å². The van der Waals surface area contributed by atoms with Crippen molar-refractivity contribution in [3.63, 3.8) is 0 Å². The van der Waals surface area contributed by atoms with Gasteiger partial charge in [0.1, 0.15) is 5.75 Å². The Bertz CT molecular complexity index is 1140. The van der Waals surface area contributed by atoms with E-state index in [0.717, 1.165) is 15.9 Å². The molecule has 0 aliphatic carbocycles. The second kappa shape index (κ2) is 6.42. The molecule has 3 aromatic rings. The molecule has 1 aliphatic rings. The van der Waals surface area contributed by atoms with Gasteiger partial charge in [0.2, 0.25) is 0 Å². The van der Waals surface area contributed by atoms with Crippen molar-refractivity contribution in [3.05, 3.63) is 70.5 Å². The fourth-order valence-corrected chi connectivity index (χ4v) is 5.76. The van der Waals surface area contributed by atoms with Crippen LogP contribution in [0, 0.1) is 6.92 Å². The van der Waals surface area contributed by atoms with Crippen molar-refractivity contribution < 1.29 is 13.5 Å². The van der Waals surface area contributed by atoms with Crippen molar-refractivity contribution in [3.8, 4) is 11.4 Å². The van der Waals surface area contributed by atoms with Crippen LogP contribution in [0.15, 0.2) is 64.1 Å². The number of phenols is 1. The van der Waals surface area contributed by atoms with E-state index in [4.69, 9.17) is 0 Å². The quantitative estimate of drug-likeness (QED) is 0.621. The molecule has 0 saturated heterocycles. The number of phenolic OH excluding ortho intramolecular Hbond substituents is 1. The highest BCUT2D eigenvalue weighted by atomic mass is 79.9. The lowest BCUT2D eigenvalue weighted by Gasteiger charge is -2.38. The minimum absolute atomic E-state index is 0.0802. The van der Waals surface area contributed by atoms with E-state index in [1.165, 1.54) is 22.5 Å². The molecule has 1 unspecified atom stereocenters. The highest BCUT2D eigenvalue weighted by Crippen LogP contribution is 2.44. The second-order valence-corrected chi connectivity index (χ2v) is 9.34. The topological polar surface area (TPSA) is 62.5 Å². The molecule has 1 atom stereocenters. The Morgan fingerprint density at radius 2 is 1.89 bits per heavy atom. The average Bonchev–Trinajstić information content (AvgIpc) is 3.12. The van der Waals surface area contributed by atoms with Gasteiger partial charge in [0.05, 0.1) is 22.3 Å². The lowest BCUT2D eigenvalue weighted by molar-refractivity contribution is 0.470. The summed E-state index contributed by atoms with van der Waals surface area (Å²) in [5, 5.41) is 9.80. The van der Waals surface area contributed by atoms with Gasteiger partial charge in [0.25, 0.3) is 10.0 Å². The van der Waals surface area contributed by atoms with Gasteiger partial charge in [0.15, 0.2) is 0 Å². The molecule has 27 heavy (non-hydrogen) atoms. The fraction of sp³-hybridized carbons (Fsp3) is 0.200. The van der Waals surface area contributed by atoms with Gasteiger partial charge in [-0.1, -0.05) is 22.9 Å². The first kappa shape index (κ1) is 18.1. The molecule has 2 heterocycles. The Balaban J connectivity index is 1.98. The number of halogens is 1. The van der Waals surface area contributed by atoms with E-state index in [0.29, 0.717) is 17.7 Å². The van der Waals surface area contributed by atoms with Crippen molar-refractivity contribution in [2.24, 2.45) is 0 Å². The van der Waals surface area contributed by atoms with Crippen molar-refractivity contribution in [1.29, 1.82) is 0 Å². The van der Waals surface area contributed by atoms with Crippen LogP contribution in [-0.2, 0) is 10.0 Å². The number of nitrogens with zero attached hydrogens (tertiary/aromatic N) is 2. The summed E-state index contributed by atoms with van der Waals surface area (Å²) in [5.74, 6) is 0.0802. The summed E-state index contributed by atoms with van der Waals surface area (Å²) in [6, 6.07) is 13.6. The first-order valence-electron chi connectivity index (χ1n) is 8.66. The summed E-state index contributed by atoms with van der Waals surface area (Å²) >= 11 is 3.47. The van der Waals surface area contributed by atoms with Crippen LogP contribution in [-0.4, -0.2) is 18.1 Å². The van der Waals surface area contributed by atoms with Crippen LogP contribution in [0.1, 0.15) is 30.6 Å². The predicted molar refractivity (Wildman–Crippen MR) is 109 cm³/mol. The normalized spacial score (nSPS) is 16.1. The van der Waals surface area contributed by atoms with Crippen LogP contribution >= 0.6 is 15.9 Å². The highest BCUT2D eigenvalue weighted by molar-refractivity contribution is 9.10. The van der Waals surface area contributed by atoms with Gasteiger partial charge in [-0.15, -0.1) is 0 Å². The number of hydrogen-bond donors (Lipinski definition) is 1. The molecule has 0 saturated carbocycles. The summed E-state index contributed by atoms with van der Waals surface area (Å²) in [5.41, 5.74) is 2.91. The van der Waals surface area contributed by atoms with Crippen LogP contribution in [0.2, 0.25) is 0 Å². The Kier molecular flexibility index (Phi) is 4.31. The second-order valence-electron chi connectivity index (χ2n) is 6.61. The Morgan fingerprint density at radius 1 is 1.11 bits per heavy atom. The first-order chi connectivity index (χ1) is 12.8. The maximum Gasteiger partial charge on any atom is 0.265 e. The Morgan fingerprint density at radius 3 is 2.59 bits per heavy atom. The van der Waals surface area contributed by atoms with Crippen LogP contribution in [0.25, 0.3) is 5.69 Å². The van der Waals surface area contributed by atoms with E-state index in [2.05, 4.69) is 15.9 Å². The van der Waals surface area contributed by atoms with Gasteiger partial charge in [-0.05, 0) is 67.4 Å². The lowest BCUT2D eigenvalue weighted by Crippen LogP contribution is -2.39. The van der Waals surface area contributed by atoms with Crippen molar-refractivity contribution in [2.45, 2.75) is 31.2 Å². The first-order valence-corrected chi connectivity index (χ1v) is 10.9. The van der Waals surface area contributed by atoms with E-state index in [9.17, 15) is 13.5 Å². The average molecular weight is 447 g/mol. The maximum atomic E-state index is 13.6. The van der Waals surface area contributed by atoms with Crippen LogP contribution < -0.4 is 4.31 Å². The highest BCUT2D eigenvalue weighted by Gasteiger charge is 2.38. The number of aryl methyl sites for hydroxylation is 1. The molecular weight excluding hydrogens is 428 g/mol. The SMILES string of the molecule is CCC1c2cccn2-c2ccc(Br)cc2N1S(=O)(=O)c1ccc(O)c(C)c1. The lowest BCUT2D eigenvalue weighted by atomic mass is 10.1. The molecule has 0 fully saturated rings. The molecule has 0 spiro atoms. The third-order valence-electron chi connectivity index (χ3n) is 4.95. The summed E-state index contributed by atoms with van der Waals surface area (Å²) in [6.45, 7) is 3.67. The van der Waals surface area contributed by atoms with Crippen molar-refractivity contribution in [2.75, 3.05) is 4.31 Å². The third-order valence-corrected chi connectivity index (χ3v) is 7.26. The van der Waals surface area contributed by atoms with Crippen LogP contribution in [0.5, 0.6) is 5.75 Å². The molecule has 5 nitrogen and oxygen atoms in total. The molecule has 1 aromatic heterocycles. The number of benzene rings is 2. The molecule has 2 aromatic carbocycles. The number of sulfonamides is 1. The Hall–Kier alpha value is -2.25. The number of aromatic hydroxyl groups is 1. The van der Waals surface area contributed by atoms with Gasteiger partial charge in [0, 0.05) is 16.4 Å². The van der Waals surface area contributed by atoms with Gasteiger partial charge >= 0.3 is 0 Å². The van der Waals surface area contributed by atoms with E-state index < -0.39 is 10.0 Å². The zero-order valence-corrected chi connectivity index (χ0v) is 17.3. The minimum atomic E-state index is -3.83. The molecule has 7 heteroatoms. The van der Waals surface area contributed by atoms with E-state index in [1.54, 1.807) is 6.92 Å². The molecule has 4 rings (SSSR count). The number of fused-ring (bicyclic) bond motifs is 3. The van der Waals surface area contributed by atoms with E-state index in [1.807, 2.05) is 48.0 Å². The number of aromatic nitrogens is 1. The predicted octanol–water partition coefficient (Wildman–Crippen LogP) is 4.91. The largest absolute Gasteiger partial charge is 0.508 e. The van der Waals surface area contributed by atoms with Gasteiger partial charge in [-0.2, -0.15) is 0 Å². The molecule has 0 bridgehead atoms. The van der Waals surface area contributed by atoms with Crippen molar-refractivity contribution >= 4 is 31.6 Å². The van der Waals surface area contributed by atoms with Gasteiger partial charge in [-0.25, -0.2) is 8.42 Å². The Labute approximate surface area is 167 Å². The molecule has 0 amide bonds. The summed E-state index contributed by atoms with van der Waals surface area (Å²) in [6.07, 6.45) is 2.59. The third kappa shape index (κ3) is 2.76. The molecule has 140 valence electrons. The summed E-state index contributed by atoms with van der Waals surface area (Å²) < 4.78 is 31.7. The number of anilines is 1. The maximum absolute atomic E-state index is 13.6. The zero-order chi connectivity index (χ0) is 19.3. The molecule has 1 N–H and O–H groups in total. The van der Waals surface area contributed by atoms with Gasteiger partial charge < -0.3 is 9.67 Å². The van der Waals surface area contributed by atoms with E-state index >= 15 is 0 Å². The zero-order valence-electron chi connectivity index (χ0n) is 14.9. The fourth-order valence-electron chi connectivity index (χ4n) is 3.62. The van der Waals surface area contributed by atoms with Crippen LogP contribution in [0.3, 0.4) is 0 Å². The monoisotopic (exact) mass is 446 g/mol. The molecule has 1 aliphatic heterocycles. The number of hydrogen-bond acceptors (Lipinski definition) is 3. The molecular formula is C20H19BrN2O3S. The summed E-state index contributed by atoms with van der Waals surface area (Å²) in [7, 11) is -3.83. The van der Waals surface area contributed by atoms with E-state index in [-0.39, 0.29) is 16.7 Å². The number of rotatable bonds is 3. The van der Waals surface area contributed by atoms with Crippen LogP contribution in [0.4, 0.5) is 5.69 Å². The standard InChI is InChI=1S/C20H19BrN2O3S/c1-3-16-17-5-4-10-22(17)18-8-6-14(21)12-19(18)23(16)27(25,26)15-7-9-20(24)13(2)11-15/h4-12,16,24H,3H2,1-2H3. The smallest absolute Gasteiger partial charge is 0.265 e. The summed E-state index contributed by atoms with van der Waals surface area (Å²) in [4.78, 5) is 0.169. The molecule has 0 radical (unpaired) electrons. The van der Waals surface area contributed by atoms with Gasteiger partial charge in [-0.3, -0.25) is 4.31 Å².